The highest BCUT2D eigenvalue weighted by Gasteiger charge is 2.23. The first kappa shape index (κ1) is 11.7. The van der Waals surface area contributed by atoms with E-state index >= 15 is 0 Å². The number of ether oxygens (including phenoxy) is 1. The summed E-state index contributed by atoms with van der Waals surface area (Å²) in [5, 5.41) is 9.17. The molecule has 0 aliphatic carbocycles. The van der Waals surface area contributed by atoms with Gasteiger partial charge in [0.1, 0.15) is 6.07 Å². The second kappa shape index (κ2) is 5.07. The van der Waals surface area contributed by atoms with E-state index in [0.29, 0.717) is 23.9 Å². The molecule has 2 rings (SSSR count). The summed E-state index contributed by atoms with van der Waals surface area (Å²) >= 11 is 0. The fourth-order valence-corrected chi connectivity index (χ4v) is 2.20. The molecule has 0 bridgehead atoms. The van der Waals surface area contributed by atoms with Gasteiger partial charge < -0.3 is 15.4 Å². The maximum atomic E-state index is 9.17. The Morgan fingerprint density at radius 2 is 2.41 bits per heavy atom. The molecule has 1 saturated heterocycles. The largest absolute Gasteiger partial charge is 0.399 e. The van der Waals surface area contributed by atoms with Gasteiger partial charge in [-0.2, -0.15) is 5.26 Å². The third-order valence-corrected chi connectivity index (χ3v) is 3.15. The van der Waals surface area contributed by atoms with E-state index in [4.69, 9.17) is 15.7 Å². The van der Waals surface area contributed by atoms with Gasteiger partial charge in [0.25, 0.3) is 0 Å². The molecule has 1 aromatic carbocycles. The van der Waals surface area contributed by atoms with Gasteiger partial charge in [0.15, 0.2) is 0 Å². The number of morpholine rings is 1. The number of nitriles is 1. The monoisotopic (exact) mass is 231 g/mol. The first-order valence-corrected chi connectivity index (χ1v) is 5.90. The standard InChI is InChI=1S/C13H17N3O/c1-2-12-9-17-6-5-16(12)13-4-3-11(15)7-10(13)8-14/h3-4,7,12H,2,5-6,9,15H2,1H3. The molecule has 0 amide bonds. The summed E-state index contributed by atoms with van der Waals surface area (Å²) in [5.74, 6) is 0. The summed E-state index contributed by atoms with van der Waals surface area (Å²) in [5.41, 5.74) is 7.95. The first-order chi connectivity index (χ1) is 8.26. The van der Waals surface area contributed by atoms with E-state index in [0.717, 1.165) is 25.3 Å². The van der Waals surface area contributed by atoms with Crippen LogP contribution in [0.5, 0.6) is 0 Å². The smallest absolute Gasteiger partial charge is 0.101 e. The molecule has 90 valence electrons. The summed E-state index contributed by atoms with van der Waals surface area (Å²) in [6, 6.07) is 8.07. The molecule has 4 nitrogen and oxygen atoms in total. The van der Waals surface area contributed by atoms with Gasteiger partial charge in [0.05, 0.1) is 30.5 Å². The van der Waals surface area contributed by atoms with Gasteiger partial charge in [-0.05, 0) is 24.6 Å². The van der Waals surface area contributed by atoms with E-state index in [2.05, 4.69) is 17.9 Å². The van der Waals surface area contributed by atoms with Gasteiger partial charge in [-0.1, -0.05) is 6.92 Å². The summed E-state index contributed by atoms with van der Waals surface area (Å²) in [6.45, 7) is 4.41. The van der Waals surface area contributed by atoms with Gasteiger partial charge in [0.2, 0.25) is 0 Å². The molecule has 1 aliphatic heterocycles. The number of nitrogen functional groups attached to an aromatic ring is 1. The third-order valence-electron chi connectivity index (χ3n) is 3.15. The maximum absolute atomic E-state index is 9.17. The molecular weight excluding hydrogens is 214 g/mol. The van der Waals surface area contributed by atoms with Crippen LogP contribution in [0.25, 0.3) is 0 Å². The van der Waals surface area contributed by atoms with Crippen molar-refractivity contribution in [3.05, 3.63) is 23.8 Å². The van der Waals surface area contributed by atoms with Crippen molar-refractivity contribution in [3.8, 4) is 6.07 Å². The highest BCUT2D eigenvalue weighted by atomic mass is 16.5. The molecule has 0 spiro atoms. The van der Waals surface area contributed by atoms with Crippen LogP contribution >= 0.6 is 0 Å². The zero-order chi connectivity index (χ0) is 12.3. The van der Waals surface area contributed by atoms with Crippen molar-refractivity contribution < 1.29 is 4.74 Å². The van der Waals surface area contributed by atoms with Crippen LogP contribution < -0.4 is 10.6 Å². The summed E-state index contributed by atoms with van der Waals surface area (Å²) in [7, 11) is 0. The highest BCUT2D eigenvalue weighted by Crippen LogP contribution is 2.26. The van der Waals surface area contributed by atoms with E-state index in [1.807, 2.05) is 12.1 Å². The fraction of sp³-hybridized carbons (Fsp3) is 0.462. The molecule has 1 heterocycles. The molecule has 0 saturated carbocycles. The molecule has 4 heteroatoms. The van der Waals surface area contributed by atoms with Crippen LogP contribution in [0.15, 0.2) is 18.2 Å². The van der Waals surface area contributed by atoms with Crippen molar-refractivity contribution in [1.82, 2.24) is 0 Å². The van der Waals surface area contributed by atoms with Crippen molar-refractivity contribution in [2.24, 2.45) is 0 Å². The van der Waals surface area contributed by atoms with Gasteiger partial charge in [-0.25, -0.2) is 0 Å². The summed E-state index contributed by atoms with van der Waals surface area (Å²) in [6.07, 6.45) is 1.01. The predicted octanol–water partition coefficient (Wildman–Crippen LogP) is 1.76. The van der Waals surface area contributed by atoms with E-state index < -0.39 is 0 Å². The molecule has 1 aromatic rings. The molecule has 1 fully saturated rings. The number of nitrogens with two attached hydrogens (primary N) is 1. The molecule has 1 atom stereocenters. The van der Waals surface area contributed by atoms with E-state index in [-0.39, 0.29) is 0 Å². The molecule has 2 N–H and O–H groups in total. The van der Waals surface area contributed by atoms with Crippen LogP contribution in [0.2, 0.25) is 0 Å². The average molecular weight is 231 g/mol. The molecular formula is C13H17N3O. The normalized spacial score (nSPS) is 20.0. The van der Waals surface area contributed by atoms with Gasteiger partial charge in [-0.3, -0.25) is 0 Å². The first-order valence-electron chi connectivity index (χ1n) is 5.90. The van der Waals surface area contributed by atoms with E-state index in [9.17, 15) is 0 Å². The van der Waals surface area contributed by atoms with Crippen LogP contribution in [0.3, 0.4) is 0 Å². The minimum absolute atomic E-state index is 0.347. The predicted molar refractivity (Wildman–Crippen MR) is 67.8 cm³/mol. The Balaban J connectivity index is 2.35. The van der Waals surface area contributed by atoms with Crippen LogP contribution in [-0.2, 0) is 4.74 Å². The summed E-state index contributed by atoms with van der Waals surface area (Å²) < 4.78 is 5.47. The SMILES string of the molecule is CCC1COCCN1c1ccc(N)cc1C#N. The quantitative estimate of drug-likeness (QED) is 0.788. The van der Waals surface area contributed by atoms with Gasteiger partial charge >= 0.3 is 0 Å². The third kappa shape index (κ3) is 2.34. The van der Waals surface area contributed by atoms with Gasteiger partial charge in [-0.15, -0.1) is 0 Å². The minimum Gasteiger partial charge on any atom is -0.399 e. The number of anilines is 2. The second-order valence-electron chi connectivity index (χ2n) is 4.22. The van der Waals surface area contributed by atoms with Crippen molar-refractivity contribution in [3.63, 3.8) is 0 Å². The zero-order valence-electron chi connectivity index (χ0n) is 10.0. The topological polar surface area (TPSA) is 62.3 Å². The van der Waals surface area contributed by atoms with Crippen LogP contribution in [-0.4, -0.2) is 25.8 Å². The lowest BCUT2D eigenvalue weighted by Gasteiger charge is -2.37. The highest BCUT2D eigenvalue weighted by molar-refractivity contribution is 5.65. The van der Waals surface area contributed by atoms with Crippen molar-refractivity contribution in [2.75, 3.05) is 30.4 Å². The van der Waals surface area contributed by atoms with E-state index in [1.165, 1.54) is 0 Å². The number of rotatable bonds is 2. The Kier molecular flexibility index (Phi) is 3.50. The molecule has 1 aliphatic rings. The Morgan fingerprint density at radius 1 is 1.59 bits per heavy atom. The number of nitrogens with zero attached hydrogens (tertiary/aromatic N) is 2. The number of benzene rings is 1. The Bertz CT molecular complexity index is 439. The molecule has 17 heavy (non-hydrogen) atoms. The lowest BCUT2D eigenvalue weighted by atomic mass is 10.1. The fourth-order valence-electron chi connectivity index (χ4n) is 2.20. The van der Waals surface area contributed by atoms with Crippen molar-refractivity contribution >= 4 is 11.4 Å². The van der Waals surface area contributed by atoms with Crippen LogP contribution in [0.1, 0.15) is 18.9 Å². The zero-order valence-corrected chi connectivity index (χ0v) is 10.0. The maximum Gasteiger partial charge on any atom is 0.101 e. The second-order valence-corrected chi connectivity index (χ2v) is 4.22. The van der Waals surface area contributed by atoms with Crippen molar-refractivity contribution in [1.29, 1.82) is 5.26 Å². The van der Waals surface area contributed by atoms with Crippen molar-refractivity contribution in [2.45, 2.75) is 19.4 Å². The Morgan fingerprint density at radius 3 is 3.12 bits per heavy atom. The van der Waals surface area contributed by atoms with Crippen LogP contribution in [0.4, 0.5) is 11.4 Å². The molecule has 0 aromatic heterocycles. The molecule has 1 unspecified atom stereocenters. The van der Waals surface area contributed by atoms with Crippen LogP contribution in [0, 0.1) is 11.3 Å². The lowest BCUT2D eigenvalue weighted by molar-refractivity contribution is 0.0930. The number of hydrogen-bond acceptors (Lipinski definition) is 4. The van der Waals surface area contributed by atoms with E-state index in [1.54, 1.807) is 6.07 Å². The minimum atomic E-state index is 0.347. The Hall–Kier alpha value is -1.73. The summed E-state index contributed by atoms with van der Waals surface area (Å²) in [4.78, 5) is 2.25. The average Bonchev–Trinajstić information content (AvgIpc) is 2.38. The number of hydrogen-bond donors (Lipinski definition) is 1. The molecule has 0 radical (unpaired) electrons. The lowest BCUT2D eigenvalue weighted by Crippen LogP contribution is -2.45. The van der Waals surface area contributed by atoms with Gasteiger partial charge in [0, 0.05) is 12.2 Å². The Labute approximate surface area is 102 Å².